The summed E-state index contributed by atoms with van der Waals surface area (Å²) in [4.78, 5) is 59.9. The van der Waals surface area contributed by atoms with Crippen molar-refractivity contribution in [2.45, 2.75) is 38.8 Å². The van der Waals surface area contributed by atoms with Gasteiger partial charge in [0.1, 0.15) is 6.04 Å². The number of benzene rings is 2. The van der Waals surface area contributed by atoms with Crippen LogP contribution in [0.15, 0.2) is 42.5 Å². The normalized spacial score (nSPS) is 12.6. The van der Waals surface area contributed by atoms with Crippen molar-refractivity contribution in [3.63, 3.8) is 0 Å². The molecule has 166 valence electrons. The van der Waals surface area contributed by atoms with Crippen LogP contribution in [0.4, 0.5) is 5.69 Å². The maximum atomic E-state index is 12.6. The van der Waals surface area contributed by atoms with Gasteiger partial charge in [-0.05, 0) is 23.8 Å². The number of rotatable bonds is 9. The maximum Gasteiger partial charge on any atom is 0.313 e. The van der Waals surface area contributed by atoms with Gasteiger partial charge in [-0.25, -0.2) is 0 Å². The second-order valence-corrected chi connectivity index (χ2v) is 7.70. The second kappa shape index (κ2) is 11.1. The first-order valence-corrected chi connectivity index (χ1v) is 9.99. The summed E-state index contributed by atoms with van der Waals surface area (Å²) < 4.78 is 0. The van der Waals surface area contributed by atoms with Crippen LogP contribution < -0.4 is 16.0 Å². The van der Waals surface area contributed by atoms with Gasteiger partial charge in [-0.15, -0.1) is 0 Å². The van der Waals surface area contributed by atoms with Gasteiger partial charge in [-0.1, -0.05) is 50.2 Å². The number of carbonyl (C=O) groups is 5. The molecule has 1 unspecified atom stereocenters. The quantitative estimate of drug-likeness (QED) is 0.340. The highest BCUT2D eigenvalue weighted by molar-refractivity contribution is 6.59. The van der Waals surface area contributed by atoms with E-state index in [1.54, 1.807) is 38.1 Å². The topological polar surface area (TPSA) is 142 Å². The highest BCUT2D eigenvalue weighted by atomic mass is 16.4. The number of carbonyl (C=O) groups excluding carboxylic acids is 4. The second-order valence-electron chi connectivity index (χ2n) is 7.70. The molecule has 0 aliphatic heterocycles. The molecule has 2 rings (SSSR count). The van der Waals surface area contributed by atoms with Crippen LogP contribution in [0.2, 0.25) is 0 Å². The zero-order chi connectivity index (χ0) is 23.8. The van der Waals surface area contributed by atoms with E-state index in [-0.39, 0.29) is 12.3 Å². The third kappa shape index (κ3) is 6.93. The van der Waals surface area contributed by atoms with Crippen LogP contribution >= 0.6 is 0 Å². The number of carboxylic acids is 1. The van der Waals surface area contributed by atoms with E-state index in [9.17, 15) is 24.0 Å². The summed E-state index contributed by atoms with van der Waals surface area (Å²) in [6.45, 7) is 3.59. The average Bonchev–Trinajstić information content (AvgIpc) is 2.72. The molecule has 0 aromatic heterocycles. The number of fused-ring (bicyclic) bond motifs is 1. The van der Waals surface area contributed by atoms with Crippen molar-refractivity contribution in [2.24, 2.45) is 5.92 Å². The molecule has 0 aliphatic rings. The van der Waals surface area contributed by atoms with Crippen molar-refractivity contribution >= 4 is 53.7 Å². The molecule has 0 spiro atoms. The van der Waals surface area contributed by atoms with Crippen LogP contribution in [-0.4, -0.2) is 54.4 Å². The summed E-state index contributed by atoms with van der Waals surface area (Å²) in [5.74, 6) is -4.21. The molecular weight excluding hydrogens is 413 g/mol. The number of anilines is 1. The molecule has 0 heterocycles. The van der Waals surface area contributed by atoms with Gasteiger partial charge in [-0.2, -0.15) is 0 Å². The summed E-state index contributed by atoms with van der Waals surface area (Å²) in [7, 11) is 5.15. The zero-order valence-electron chi connectivity index (χ0n) is 17.8. The predicted octanol–water partition coefficient (Wildman–Crippen LogP) is 0.964. The smallest absolute Gasteiger partial charge is 0.313 e. The summed E-state index contributed by atoms with van der Waals surface area (Å²) >= 11 is 0. The molecule has 4 N–H and O–H groups in total. The third-order valence-electron chi connectivity index (χ3n) is 4.61. The van der Waals surface area contributed by atoms with Crippen molar-refractivity contribution in [1.82, 2.24) is 10.6 Å². The summed E-state index contributed by atoms with van der Waals surface area (Å²) in [5, 5.41) is 17.6. The maximum absolute atomic E-state index is 12.6. The van der Waals surface area contributed by atoms with Crippen LogP contribution in [0.3, 0.4) is 0 Å². The summed E-state index contributed by atoms with van der Waals surface area (Å²) in [6.07, 6.45) is -0.553. The number of hydrogen-bond acceptors (Lipinski definition) is 5. The van der Waals surface area contributed by atoms with Crippen molar-refractivity contribution < 1.29 is 29.1 Å². The molecule has 9 nitrogen and oxygen atoms in total. The predicted molar refractivity (Wildman–Crippen MR) is 119 cm³/mol. The SMILES string of the molecule is [B]C(=O)[C@H](CC(=O)O)NC(=O)C(CC(C)C)NC(=O)C(=O)Nc1cccc2ccccc12. The van der Waals surface area contributed by atoms with E-state index in [4.69, 9.17) is 13.0 Å². The first kappa shape index (κ1) is 24.6. The van der Waals surface area contributed by atoms with Crippen LogP contribution in [0.25, 0.3) is 10.8 Å². The van der Waals surface area contributed by atoms with E-state index in [2.05, 4.69) is 16.0 Å². The van der Waals surface area contributed by atoms with Gasteiger partial charge in [0.15, 0.2) is 7.85 Å². The Balaban J connectivity index is 2.12. The lowest BCUT2D eigenvalue weighted by Gasteiger charge is -2.22. The number of carboxylic acid groups (broad SMARTS) is 1. The highest BCUT2D eigenvalue weighted by Gasteiger charge is 2.28. The van der Waals surface area contributed by atoms with E-state index in [1.165, 1.54) is 0 Å². The van der Waals surface area contributed by atoms with Gasteiger partial charge < -0.3 is 25.9 Å². The Morgan fingerprint density at radius 3 is 2.19 bits per heavy atom. The Morgan fingerprint density at radius 2 is 1.56 bits per heavy atom. The molecule has 0 saturated heterocycles. The largest absolute Gasteiger partial charge is 0.481 e. The van der Waals surface area contributed by atoms with E-state index in [1.807, 2.05) is 18.2 Å². The fourth-order valence-electron chi connectivity index (χ4n) is 3.11. The molecule has 2 aromatic rings. The van der Waals surface area contributed by atoms with Gasteiger partial charge in [-0.3, -0.25) is 19.2 Å². The average molecular weight is 437 g/mol. The molecular formula is C22H24BN3O6. The molecule has 0 bridgehead atoms. The Kier molecular flexibility index (Phi) is 8.51. The van der Waals surface area contributed by atoms with Gasteiger partial charge >= 0.3 is 17.8 Å². The van der Waals surface area contributed by atoms with Crippen LogP contribution in [0.1, 0.15) is 26.7 Å². The molecule has 2 atom stereocenters. The minimum absolute atomic E-state index is 0.0568. The van der Waals surface area contributed by atoms with Crippen molar-refractivity contribution in [2.75, 3.05) is 5.32 Å². The lowest BCUT2D eigenvalue weighted by Crippen LogP contribution is -2.54. The third-order valence-corrected chi connectivity index (χ3v) is 4.61. The standard InChI is InChI=1S/C22H24BN3O6/c1-12(2)10-17(20(30)25-16(19(23)29)11-18(27)28)26-22(32)21(31)24-15-9-5-7-13-6-3-4-8-14(13)15/h3-9,12,16-17H,10-11H2,1-2H3,(H,24,31)(H,25,30)(H,26,32)(H,27,28)/t16-,17?/m0/s1. The number of nitrogens with one attached hydrogen (secondary N) is 3. The first-order valence-electron chi connectivity index (χ1n) is 9.99. The van der Waals surface area contributed by atoms with E-state index < -0.39 is 47.9 Å². The Hall–Kier alpha value is -3.69. The van der Waals surface area contributed by atoms with Gasteiger partial charge in [0.05, 0.1) is 18.1 Å². The van der Waals surface area contributed by atoms with Crippen LogP contribution in [0, 0.1) is 5.92 Å². The summed E-state index contributed by atoms with van der Waals surface area (Å²) in [5.41, 5.74) is -0.590. The lowest BCUT2D eigenvalue weighted by molar-refractivity contribution is -0.140. The molecule has 3 amide bonds. The molecule has 2 radical (unpaired) electrons. The van der Waals surface area contributed by atoms with E-state index >= 15 is 0 Å². The molecule has 2 aromatic carbocycles. The first-order chi connectivity index (χ1) is 15.1. The van der Waals surface area contributed by atoms with Gasteiger partial charge in [0, 0.05) is 11.1 Å². The Bertz CT molecular complexity index is 1030. The molecule has 10 heteroatoms. The van der Waals surface area contributed by atoms with Crippen molar-refractivity contribution in [3.8, 4) is 0 Å². The molecule has 0 saturated carbocycles. The van der Waals surface area contributed by atoms with Crippen LogP contribution in [0.5, 0.6) is 0 Å². The van der Waals surface area contributed by atoms with Crippen molar-refractivity contribution in [1.29, 1.82) is 0 Å². The lowest BCUT2D eigenvalue weighted by atomic mass is 9.92. The fraction of sp³-hybridized carbons (Fsp3) is 0.318. The minimum Gasteiger partial charge on any atom is -0.481 e. The monoisotopic (exact) mass is 437 g/mol. The van der Waals surface area contributed by atoms with Crippen molar-refractivity contribution in [3.05, 3.63) is 42.5 Å². The van der Waals surface area contributed by atoms with E-state index in [0.717, 1.165) is 10.8 Å². The minimum atomic E-state index is -1.45. The Labute approximate surface area is 186 Å². The molecule has 0 aliphatic carbocycles. The van der Waals surface area contributed by atoms with Gasteiger partial charge in [0.2, 0.25) is 5.91 Å². The number of amides is 3. The van der Waals surface area contributed by atoms with E-state index in [0.29, 0.717) is 5.69 Å². The highest BCUT2D eigenvalue weighted by Crippen LogP contribution is 2.22. The van der Waals surface area contributed by atoms with Gasteiger partial charge in [0.25, 0.3) is 0 Å². The number of hydrogen-bond donors (Lipinski definition) is 4. The fourth-order valence-corrected chi connectivity index (χ4v) is 3.11. The zero-order valence-corrected chi connectivity index (χ0v) is 17.8. The Morgan fingerprint density at radius 1 is 0.906 bits per heavy atom. The van der Waals surface area contributed by atoms with Crippen LogP contribution in [-0.2, 0) is 24.0 Å². The molecule has 0 fully saturated rings. The molecule has 32 heavy (non-hydrogen) atoms. The summed E-state index contributed by atoms with van der Waals surface area (Å²) in [6, 6.07) is 9.93. The number of aliphatic carboxylic acids is 1.